The van der Waals surface area contributed by atoms with Gasteiger partial charge < -0.3 is 4.57 Å². The molecule has 0 N–H and O–H groups in total. The lowest BCUT2D eigenvalue weighted by Crippen LogP contribution is -2.07. The van der Waals surface area contributed by atoms with Gasteiger partial charge in [-0.25, -0.2) is 15.0 Å². The van der Waals surface area contributed by atoms with Crippen LogP contribution in [0.15, 0.2) is 42.9 Å². The fraction of sp³-hybridized carbons (Fsp3) is 0.133. The first-order valence-electron chi connectivity index (χ1n) is 6.69. The van der Waals surface area contributed by atoms with E-state index in [-0.39, 0.29) is 6.54 Å². The maximum Gasteiger partial charge on any atom is 0.416 e. The maximum atomic E-state index is 12.7. The third-order valence-corrected chi connectivity index (χ3v) is 3.75. The monoisotopic (exact) mass is 372 g/mol. The zero-order chi connectivity index (χ0) is 17.3. The second kappa shape index (κ2) is 6.41. The number of nitrogens with zero attached hydrogens (tertiary/aromatic N) is 4. The van der Waals surface area contributed by atoms with E-state index >= 15 is 0 Å². The van der Waals surface area contributed by atoms with Gasteiger partial charge in [0.2, 0.25) is 0 Å². The van der Waals surface area contributed by atoms with Crippen LogP contribution in [0.5, 0.6) is 0 Å². The number of rotatable bonds is 3. The van der Waals surface area contributed by atoms with E-state index in [1.807, 2.05) is 0 Å². The Hall–Kier alpha value is -2.12. The summed E-state index contributed by atoms with van der Waals surface area (Å²) in [6, 6.07) is 4.70. The minimum atomic E-state index is -4.39. The largest absolute Gasteiger partial charge is 0.416 e. The molecule has 0 bridgehead atoms. The molecule has 0 aliphatic heterocycles. The van der Waals surface area contributed by atoms with E-state index in [1.54, 1.807) is 4.57 Å². The van der Waals surface area contributed by atoms with Gasteiger partial charge in [0.1, 0.15) is 16.8 Å². The van der Waals surface area contributed by atoms with Crippen molar-refractivity contribution in [3.05, 3.63) is 64.4 Å². The highest BCUT2D eigenvalue weighted by atomic mass is 35.5. The minimum Gasteiger partial charge on any atom is -0.307 e. The second-order valence-corrected chi connectivity index (χ2v) is 5.71. The van der Waals surface area contributed by atoms with Crippen LogP contribution in [0.2, 0.25) is 10.2 Å². The average molecular weight is 373 g/mol. The molecule has 0 aliphatic carbocycles. The summed E-state index contributed by atoms with van der Waals surface area (Å²) in [7, 11) is 0. The number of aromatic nitrogens is 4. The number of hydrogen-bond acceptors (Lipinski definition) is 3. The van der Waals surface area contributed by atoms with Gasteiger partial charge in [-0.05, 0) is 12.1 Å². The van der Waals surface area contributed by atoms with Crippen LogP contribution in [-0.2, 0) is 12.7 Å². The molecule has 4 nitrogen and oxygen atoms in total. The molecule has 24 heavy (non-hydrogen) atoms. The number of alkyl halides is 3. The molecule has 0 saturated heterocycles. The number of halogens is 5. The quantitative estimate of drug-likeness (QED) is 0.668. The van der Waals surface area contributed by atoms with Crippen LogP contribution >= 0.6 is 23.2 Å². The first-order chi connectivity index (χ1) is 11.3. The van der Waals surface area contributed by atoms with Crippen LogP contribution in [0.4, 0.5) is 13.2 Å². The molecule has 124 valence electrons. The number of imidazole rings is 1. The smallest absolute Gasteiger partial charge is 0.307 e. The Morgan fingerprint density at radius 3 is 2.12 bits per heavy atom. The molecule has 0 spiro atoms. The van der Waals surface area contributed by atoms with Gasteiger partial charge in [0.05, 0.1) is 23.3 Å². The Morgan fingerprint density at radius 1 is 0.917 bits per heavy atom. The van der Waals surface area contributed by atoms with Gasteiger partial charge in [-0.1, -0.05) is 35.3 Å². The molecule has 2 heterocycles. The normalized spacial score (nSPS) is 11.7. The summed E-state index contributed by atoms with van der Waals surface area (Å²) < 4.78 is 39.6. The molecule has 0 amide bonds. The number of benzene rings is 1. The first kappa shape index (κ1) is 16.7. The van der Waals surface area contributed by atoms with E-state index in [9.17, 15) is 13.2 Å². The van der Waals surface area contributed by atoms with Crippen molar-refractivity contribution in [1.29, 1.82) is 0 Å². The minimum absolute atomic E-state index is 0.215. The van der Waals surface area contributed by atoms with E-state index in [0.29, 0.717) is 27.4 Å². The highest BCUT2D eigenvalue weighted by molar-refractivity contribution is 6.30. The van der Waals surface area contributed by atoms with Gasteiger partial charge in [0, 0.05) is 18.0 Å². The van der Waals surface area contributed by atoms with Gasteiger partial charge in [-0.15, -0.1) is 0 Å². The molecule has 0 atom stereocenters. The summed E-state index contributed by atoms with van der Waals surface area (Å²) in [5.74, 6) is 0.875. The van der Waals surface area contributed by atoms with Crippen molar-refractivity contribution >= 4 is 23.2 Å². The van der Waals surface area contributed by atoms with Crippen molar-refractivity contribution < 1.29 is 13.2 Å². The highest BCUT2D eigenvalue weighted by Crippen LogP contribution is 2.31. The molecule has 2 aromatic heterocycles. The lowest BCUT2D eigenvalue weighted by atomic mass is 10.1. The Kier molecular flexibility index (Phi) is 4.47. The van der Waals surface area contributed by atoms with E-state index in [0.717, 1.165) is 12.1 Å². The van der Waals surface area contributed by atoms with Crippen molar-refractivity contribution in [2.45, 2.75) is 12.7 Å². The Morgan fingerprint density at radius 2 is 1.54 bits per heavy atom. The van der Waals surface area contributed by atoms with Gasteiger partial charge in [0.15, 0.2) is 0 Å². The lowest BCUT2D eigenvalue weighted by molar-refractivity contribution is -0.137. The zero-order valence-electron chi connectivity index (χ0n) is 11.9. The van der Waals surface area contributed by atoms with Crippen molar-refractivity contribution in [2.24, 2.45) is 0 Å². The predicted octanol–water partition coefficient (Wildman–Crippen LogP) is 4.71. The van der Waals surface area contributed by atoms with Gasteiger partial charge in [-0.2, -0.15) is 13.2 Å². The lowest BCUT2D eigenvalue weighted by Gasteiger charge is -2.10. The molecular formula is C15H9Cl2F3N4. The number of hydrogen-bond donors (Lipinski definition) is 0. The van der Waals surface area contributed by atoms with Crippen LogP contribution in [-0.4, -0.2) is 19.5 Å². The van der Waals surface area contributed by atoms with Crippen molar-refractivity contribution in [1.82, 2.24) is 19.5 Å². The molecule has 0 fully saturated rings. The fourth-order valence-corrected chi connectivity index (χ4v) is 2.39. The molecule has 3 rings (SSSR count). The van der Waals surface area contributed by atoms with E-state index in [4.69, 9.17) is 23.2 Å². The molecular weight excluding hydrogens is 364 g/mol. The molecule has 0 saturated carbocycles. The van der Waals surface area contributed by atoms with Crippen molar-refractivity contribution in [3.63, 3.8) is 0 Å². The first-order valence-corrected chi connectivity index (χ1v) is 7.45. The Labute approximate surface area is 144 Å². The molecule has 0 radical (unpaired) electrons. The van der Waals surface area contributed by atoms with E-state index < -0.39 is 11.7 Å². The molecule has 1 aromatic carbocycles. The van der Waals surface area contributed by atoms with Crippen LogP contribution in [0.25, 0.3) is 11.4 Å². The Balaban J connectivity index is 1.93. The van der Waals surface area contributed by atoms with Gasteiger partial charge >= 0.3 is 6.18 Å². The predicted molar refractivity (Wildman–Crippen MR) is 83.8 cm³/mol. The summed E-state index contributed by atoms with van der Waals surface area (Å²) in [6.45, 7) is 0.215. The molecule has 0 aliphatic rings. The van der Waals surface area contributed by atoms with Crippen LogP contribution in [0.1, 0.15) is 11.4 Å². The Bertz CT molecular complexity index is 843. The molecule has 0 unspecified atom stereocenters. The highest BCUT2D eigenvalue weighted by Gasteiger charge is 2.30. The summed E-state index contributed by atoms with van der Waals surface area (Å²) in [4.78, 5) is 12.3. The van der Waals surface area contributed by atoms with Gasteiger partial charge in [-0.3, -0.25) is 0 Å². The summed E-state index contributed by atoms with van der Waals surface area (Å²) in [5, 5.41) is 0.724. The standard InChI is InChI=1S/C15H9Cl2F3N4/c16-11-5-21-13(22-6-11)8-24-12(17)7-23-14(24)9-1-3-10(4-2-9)15(18,19)20/h1-7H,8H2. The average Bonchev–Trinajstić information content (AvgIpc) is 2.90. The SMILES string of the molecule is FC(F)(F)c1ccc(-c2ncc(Cl)n2Cc2ncc(Cl)cn2)cc1. The zero-order valence-corrected chi connectivity index (χ0v) is 13.4. The molecule has 3 aromatic rings. The third kappa shape index (κ3) is 3.52. The van der Waals surface area contributed by atoms with Crippen LogP contribution < -0.4 is 0 Å². The maximum absolute atomic E-state index is 12.7. The van der Waals surface area contributed by atoms with Gasteiger partial charge in [0.25, 0.3) is 0 Å². The van der Waals surface area contributed by atoms with Crippen LogP contribution in [0.3, 0.4) is 0 Å². The fourth-order valence-electron chi connectivity index (χ4n) is 2.11. The summed E-state index contributed by atoms with van der Waals surface area (Å²) in [6.07, 6.45) is -0.0632. The second-order valence-electron chi connectivity index (χ2n) is 4.88. The summed E-state index contributed by atoms with van der Waals surface area (Å²) in [5.41, 5.74) is -0.222. The molecule has 9 heteroatoms. The summed E-state index contributed by atoms with van der Waals surface area (Å²) >= 11 is 11.9. The van der Waals surface area contributed by atoms with Crippen LogP contribution in [0, 0.1) is 0 Å². The third-order valence-electron chi connectivity index (χ3n) is 3.25. The van der Waals surface area contributed by atoms with E-state index in [1.165, 1.54) is 30.7 Å². The topological polar surface area (TPSA) is 43.6 Å². The van der Waals surface area contributed by atoms with E-state index in [2.05, 4.69) is 15.0 Å². The van der Waals surface area contributed by atoms with Crippen molar-refractivity contribution in [3.8, 4) is 11.4 Å². The van der Waals surface area contributed by atoms with Crippen molar-refractivity contribution in [2.75, 3.05) is 0 Å².